The Morgan fingerprint density at radius 2 is 1.55 bits per heavy atom. The molecule has 160 valence electrons. The van der Waals surface area contributed by atoms with Crippen LogP contribution in [0.5, 0.6) is 11.5 Å². The molecule has 2 heterocycles. The van der Waals surface area contributed by atoms with Gasteiger partial charge in [-0.2, -0.15) is 0 Å². The number of hydrogen-bond donors (Lipinski definition) is 0. The number of ether oxygens (including phenoxy) is 2. The van der Waals surface area contributed by atoms with Crippen molar-refractivity contribution in [1.82, 2.24) is 9.80 Å². The Bertz CT molecular complexity index is 726. The molecule has 1 aromatic rings. The molecule has 2 amide bonds. The molecular weight excluding hydrogens is 436 g/mol. The lowest BCUT2D eigenvalue weighted by Gasteiger charge is -2.33. The zero-order chi connectivity index (χ0) is 20.8. The van der Waals surface area contributed by atoms with Crippen LogP contribution in [0.15, 0.2) is 16.6 Å². The van der Waals surface area contributed by atoms with Gasteiger partial charge in [-0.05, 0) is 57.2 Å². The highest BCUT2D eigenvalue weighted by Crippen LogP contribution is 2.34. The van der Waals surface area contributed by atoms with E-state index in [0.29, 0.717) is 44.2 Å². The fourth-order valence-corrected chi connectivity index (χ4v) is 4.56. The summed E-state index contributed by atoms with van der Waals surface area (Å²) in [6.07, 6.45) is 4.05. The molecule has 0 saturated carbocycles. The smallest absolute Gasteiger partial charge is 0.227 e. The molecule has 6 nitrogen and oxygen atoms in total. The van der Waals surface area contributed by atoms with Crippen LogP contribution >= 0.6 is 15.9 Å². The van der Waals surface area contributed by atoms with E-state index >= 15 is 0 Å². The van der Waals surface area contributed by atoms with E-state index in [0.717, 1.165) is 48.8 Å². The molecule has 3 rings (SSSR count). The quantitative estimate of drug-likeness (QED) is 0.615. The zero-order valence-electron chi connectivity index (χ0n) is 17.4. The number of likely N-dealkylation sites (tertiary alicyclic amines) is 2. The first-order valence-corrected chi connectivity index (χ1v) is 11.5. The second kappa shape index (κ2) is 10.3. The molecule has 0 aliphatic carbocycles. The second-order valence-corrected chi connectivity index (χ2v) is 8.47. The van der Waals surface area contributed by atoms with Crippen LogP contribution in [0, 0.1) is 5.92 Å². The molecule has 2 aliphatic heterocycles. The first-order valence-electron chi connectivity index (χ1n) is 10.7. The van der Waals surface area contributed by atoms with Crippen molar-refractivity contribution in [3.63, 3.8) is 0 Å². The Balaban J connectivity index is 1.59. The second-order valence-electron chi connectivity index (χ2n) is 7.62. The molecule has 29 heavy (non-hydrogen) atoms. The molecular formula is C22H31BrN2O4. The summed E-state index contributed by atoms with van der Waals surface area (Å²) in [4.78, 5) is 29.3. The van der Waals surface area contributed by atoms with Crippen molar-refractivity contribution in [2.75, 3.05) is 39.4 Å². The number of hydrogen-bond acceptors (Lipinski definition) is 4. The molecule has 0 spiro atoms. The van der Waals surface area contributed by atoms with E-state index in [1.165, 1.54) is 0 Å². The number of carbonyl (C=O) groups is 2. The average molecular weight is 467 g/mol. The maximum Gasteiger partial charge on any atom is 0.227 e. The van der Waals surface area contributed by atoms with Crippen molar-refractivity contribution < 1.29 is 19.1 Å². The van der Waals surface area contributed by atoms with Crippen LogP contribution in [0.2, 0.25) is 0 Å². The van der Waals surface area contributed by atoms with Crippen LogP contribution in [-0.4, -0.2) is 61.0 Å². The standard InChI is InChI=1S/C22H31BrN2O4/c1-3-28-19-13-17(18(23)15-20(19)29-4-2)14-21(26)24-11-7-16(8-12-24)22(27)25-9-5-6-10-25/h13,15-16H,3-12,14H2,1-2H3. The Hall–Kier alpha value is -1.76. The fraction of sp³-hybridized carbons (Fsp3) is 0.636. The van der Waals surface area contributed by atoms with Crippen molar-refractivity contribution in [3.05, 3.63) is 22.2 Å². The number of rotatable bonds is 7. The summed E-state index contributed by atoms with van der Waals surface area (Å²) in [5, 5.41) is 0. The highest BCUT2D eigenvalue weighted by molar-refractivity contribution is 9.10. The van der Waals surface area contributed by atoms with Crippen molar-refractivity contribution >= 4 is 27.7 Å². The molecule has 7 heteroatoms. The van der Waals surface area contributed by atoms with Gasteiger partial charge in [0.25, 0.3) is 0 Å². The van der Waals surface area contributed by atoms with E-state index < -0.39 is 0 Å². The summed E-state index contributed by atoms with van der Waals surface area (Å²) < 4.78 is 12.2. The summed E-state index contributed by atoms with van der Waals surface area (Å²) >= 11 is 3.56. The predicted molar refractivity (Wildman–Crippen MR) is 115 cm³/mol. The number of benzene rings is 1. The number of halogens is 1. The zero-order valence-corrected chi connectivity index (χ0v) is 19.0. The number of carbonyl (C=O) groups excluding carboxylic acids is 2. The lowest BCUT2D eigenvalue weighted by Crippen LogP contribution is -2.44. The van der Waals surface area contributed by atoms with Crippen molar-refractivity contribution in [2.24, 2.45) is 5.92 Å². The molecule has 0 unspecified atom stereocenters. The van der Waals surface area contributed by atoms with Gasteiger partial charge in [-0.1, -0.05) is 15.9 Å². The van der Waals surface area contributed by atoms with Crippen LogP contribution in [0.3, 0.4) is 0 Å². The van der Waals surface area contributed by atoms with Gasteiger partial charge in [-0.15, -0.1) is 0 Å². The monoisotopic (exact) mass is 466 g/mol. The van der Waals surface area contributed by atoms with E-state index in [-0.39, 0.29) is 17.7 Å². The van der Waals surface area contributed by atoms with Crippen molar-refractivity contribution in [2.45, 2.75) is 46.0 Å². The van der Waals surface area contributed by atoms with Crippen LogP contribution < -0.4 is 9.47 Å². The molecule has 0 N–H and O–H groups in total. The van der Waals surface area contributed by atoms with Crippen LogP contribution in [0.1, 0.15) is 45.1 Å². The maximum atomic E-state index is 12.9. The molecule has 1 aromatic carbocycles. The van der Waals surface area contributed by atoms with Crippen molar-refractivity contribution in [1.29, 1.82) is 0 Å². The van der Waals surface area contributed by atoms with Gasteiger partial charge in [0.15, 0.2) is 11.5 Å². The lowest BCUT2D eigenvalue weighted by atomic mass is 9.95. The van der Waals surface area contributed by atoms with E-state index in [1.807, 2.05) is 35.8 Å². The van der Waals surface area contributed by atoms with E-state index in [9.17, 15) is 9.59 Å². The van der Waals surface area contributed by atoms with Crippen LogP contribution in [-0.2, 0) is 16.0 Å². The van der Waals surface area contributed by atoms with E-state index in [1.54, 1.807) is 0 Å². The summed E-state index contributed by atoms with van der Waals surface area (Å²) in [6.45, 7) is 8.03. The fourth-order valence-electron chi connectivity index (χ4n) is 4.10. The molecule has 0 radical (unpaired) electrons. The Kier molecular flexibility index (Phi) is 7.81. The summed E-state index contributed by atoms with van der Waals surface area (Å²) in [5.41, 5.74) is 0.886. The van der Waals surface area contributed by atoms with E-state index in [2.05, 4.69) is 15.9 Å². The first-order chi connectivity index (χ1) is 14.0. The molecule has 2 fully saturated rings. The summed E-state index contributed by atoms with van der Waals surface area (Å²) in [6, 6.07) is 3.76. The third kappa shape index (κ3) is 5.44. The highest BCUT2D eigenvalue weighted by Gasteiger charge is 2.31. The van der Waals surface area contributed by atoms with Crippen molar-refractivity contribution in [3.8, 4) is 11.5 Å². The van der Waals surface area contributed by atoms with Crippen LogP contribution in [0.25, 0.3) is 0 Å². The lowest BCUT2D eigenvalue weighted by molar-refractivity contribution is -0.139. The minimum absolute atomic E-state index is 0.0684. The molecule has 0 bridgehead atoms. The number of nitrogens with zero attached hydrogens (tertiary/aromatic N) is 2. The van der Waals surface area contributed by atoms with Gasteiger partial charge in [-0.3, -0.25) is 9.59 Å². The predicted octanol–water partition coefficient (Wildman–Crippen LogP) is 3.65. The van der Waals surface area contributed by atoms with Gasteiger partial charge < -0.3 is 19.3 Å². The van der Waals surface area contributed by atoms with Gasteiger partial charge >= 0.3 is 0 Å². The largest absolute Gasteiger partial charge is 0.490 e. The van der Waals surface area contributed by atoms with Crippen LogP contribution in [0.4, 0.5) is 0 Å². The molecule has 2 aliphatic rings. The summed E-state index contributed by atoms with van der Waals surface area (Å²) in [7, 11) is 0. The number of piperidine rings is 1. The Labute approximate surface area is 181 Å². The molecule has 0 aromatic heterocycles. The van der Waals surface area contributed by atoms with Gasteiger partial charge in [0.1, 0.15) is 0 Å². The third-order valence-electron chi connectivity index (χ3n) is 5.67. The highest BCUT2D eigenvalue weighted by atomic mass is 79.9. The topological polar surface area (TPSA) is 59.1 Å². The van der Waals surface area contributed by atoms with Gasteiger partial charge in [0, 0.05) is 36.6 Å². The van der Waals surface area contributed by atoms with E-state index in [4.69, 9.17) is 9.47 Å². The SMILES string of the molecule is CCOc1cc(Br)c(CC(=O)N2CCC(C(=O)N3CCCC3)CC2)cc1OCC. The summed E-state index contributed by atoms with van der Waals surface area (Å²) in [5.74, 6) is 1.78. The minimum atomic E-state index is 0.0684. The normalized spacial score (nSPS) is 17.5. The van der Waals surface area contributed by atoms with Gasteiger partial charge in [0.05, 0.1) is 19.6 Å². The van der Waals surface area contributed by atoms with Gasteiger partial charge in [-0.25, -0.2) is 0 Å². The first kappa shape index (κ1) is 21.9. The Morgan fingerprint density at radius 3 is 2.14 bits per heavy atom. The third-order valence-corrected chi connectivity index (χ3v) is 6.41. The molecule has 0 atom stereocenters. The molecule has 2 saturated heterocycles. The minimum Gasteiger partial charge on any atom is -0.490 e. The maximum absolute atomic E-state index is 12.9. The Morgan fingerprint density at radius 1 is 0.966 bits per heavy atom. The average Bonchev–Trinajstić information content (AvgIpc) is 3.26. The number of amides is 2. The van der Waals surface area contributed by atoms with Gasteiger partial charge in [0.2, 0.25) is 11.8 Å².